The summed E-state index contributed by atoms with van der Waals surface area (Å²) >= 11 is 0. The SMILES string of the molecule is O=C(Nc1ccccc1)N1CCC(NC[C@]2(O)CCNC2)CC1. The van der Waals surface area contributed by atoms with Gasteiger partial charge in [-0.05, 0) is 37.9 Å². The number of anilines is 1. The zero-order chi connectivity index (χ0) is 16.1. The highest BCUT2D eigenvalue weighted by molar-refractivity contribution is 5.89. The van der Waals surface area contributed by atoms with E-state index in [1.807, 2.05) is 35.2 Å². The summed E-state index contributed by atoms with van der Waals surface area (Å²) in [5.41, 5.74) is 0.218. The third kappa shape index (κ3) is 4.43. The summed E-state index contributed by atoms with van der Waals surface area (Å²) in [6.45, 7) is 3.66. The van der Waals surface area contributed by atoms with Gasteiger partial charge in [-0.15, -0.1) is 0 Å². The molecule has 2 saturated heterocycles. The average molecular weight is 318 g/mol. The van der Waals surface area contributed by atoms with E-state index < -0.39 is 5.60 Å². The van der Waals surface area contributed by atoms with Crippen molar-refractivity contribution in [3.63, 3.8) is 0 Å². The Morgan fingerprint density at radius 2 is 2.04 bits per heavy atom. The van der Waals surface area contributed by atoms with E-state index in [1.165, 1.54) is 0 Å². The summed E-state index contributed by atoms with van der Waals surface area (Å²) in [7, 11) is 0. The standard InChI is InChI=1S/C17H26N4O2/c22-16(20-15-4-2-1-3-5-15)21-10-6-14(7-11-21)19-13-17(23)8-9-18-12-17/h1-5,14,18-19,23H,6-13H2,(H,20,22)/t17-/m0/s1. The molecule has 2 fully saturated rings. The van der Waals surface area contributed by atoms with Crippen molar-refractivity contribution < 1.29 is 9.90 Å². The number of nitrogens with zero attached hydrogens (tertiary/aromatic N) is 1. The number of amides is 2. The second kappa shape index (κ2) is 7.29. The van der Waals surface area contributed by atoms with Gasteiger partial charge in [-0.1, -0.05) is 18.2 Å². The van der Waals surface area contributed by atoms with E-state index in [-0.39, 0.29) is 6.03 Å². The number of hydrogen-bond acceptors (Lipinski definition) is 4. The van der Waals surface area contributed by atoms with Crippen LogP contribution < -0.4 is 16.0 Å². The number of aliphatic hydroxyl groups is 1. The van der Waals surface area contributed by atoms with Crippen LogP contribution in [0.4, 0.5) is 10.5 Å². The van der Waals surface area contributed by atoms with E-state index in [1.54, 1.807) is 0 Å². The van der Waals surface area contributed by atoms with Crippen LogP contribution in [0.25, 0.3) is 0 Å². The molecule has 1 atom stereocenters. The average Bonchev–Trinajstić information content (AvgIpc) is 3.01. The largest absolute Gasteiger partial charge is 0.387 e. The molecule has 0 saturated carbocycles. The zero-order valence-corrected chi connectivity index (χ0v) is 13.4. The molecule has 2 heterocycles. The Labute approximate surface area is 137 Å². The van der Waals surface area contributed by atoms with Crippen LogP contribution in [0.1, 0.15) is 19.3 Å². The molecule has 6 nitrogen and oxygen atoms in total. The van der Waals surface area contributed by atoms with Gasteiger partial charge in [-0.25, -0.2) is 4.79 Å². The van der Waals surface area contributed by atoms with Gasteiger partial charge < -0.3 is 26.0 Å². The van der Waals surface area contributed by atoms with Crippen molar-refractivity contribution in [3.8, 4) is 0 Å². The molecule has 0 radical (unpaired) electrons. The third-order valence-electron chi connectivity index (χ3n) is 4.75. The molecular weight excluding hydrogens is 292 g/mol. The predicted octanol–water partition coefficient (Wildman–Crippen LogP) is 0.997. The van der Waals surface area contributed by atoms with E-state index in [0.717, 1.165) is 44.6 Å². The minimum Gasteiger partial charge on any atom is -0.387 e. The van der Waals surface area contributed by atoms with Crippen LogP contribution >= 0.6 is 0 Å². The van der Waals surface area contributed by atoms with Gasteiger partial charge in [0.15, 0.2) is 0 Å². The lowest BCUT2D eigenvalue weighted by Crippen LogP contribution is -2.50. The minimum absolute atomic E-state index is 0.0340. The molecule has 0 spiro atoms. The molecule has 0 bridgehead atoms. The molecule has 2 aliphatic heterocycles. The highest BCUT2D eigenvalue weighted by Gasteiger charge is 2.32. The van der Waals surface area contributed by atoms with E-state index in [0.29, 0.717) is 19.1 Å². The van der Waals surface area contributed by atoms with Gasteiger partial charge in [-0.3, -0.25) is 0 Å². The number of para-hydroxylation sites is 1. The van der Waals surface area contributed by atoms with Gasteiger partial charge in [0.05, 0.1) is 5.60 Å². The molecule has 0 aliphatic carbocycles. The normalized spacial score (nSPS) is 25.5. The van der Waals surface area contributed by atoms with Crippen LogP contribution in [0.15, 0.2) is 30.3 Å². The first-order chi connectivity index (χ1) is 11.1. The number of likely N-dealkylation sites (tertiary alicyclic amines) is 1. The topological polar surface area (TPSA) is 76.6 Å². The number of β-amino-alcohol motifs (C(OH)–C–C–N with tert-alkyl or cyclic N) is 1. The van der Waals surface area contributed by atoms with Gasteiger partial charge in [0, 0.05) is 37.9 Å². The summed E-state index contributed by atoms with van der Waals surface area (Å²) in [5.74, 6) is 0. The molecule has 23 heavy (non-hydrogen) atoms. The highest BCUT2D eigenvalue weighted by Crippen LogP contribution is 2.16. The highest BCUT2D eigenvalue weighted by atomic mass is 16.3. The molecule has 1 aromatic carbocycles. The monoisotopic (exact) mass is 318 g/mol. The van der Waals surface area contributed by atoms with Crippen molar-refractivity contribution in [3.05, 3.63) is 30.3 Å². The summed E-state index contributed by atoms with van der Waals surface area (Å²) in [6, 6.07) is 9.88. The number of hydrogen-bond donors (Lipinski definition) is 4. The smallest absolute Gasteiger partial charge is 0.321 e. The van der Waals surface area contributed by atoms with Gasteiger partial charge in [0.25, 0.3) is 0 Å². The van der Waals surface area contributed by atoms with Crippen molar-refractivity contribution in [2.75, 3.05) is 38.0 Å². The number of carbonyl (C=O) groups is 1. The zero-order valence-electron chi connectivity index (χ0n) is 13.4. The number of urea groups is 1. The molecule has 4 N–H and O–H groups in total. The van der Waals surface area contributed by atoms with Gasteiger partial charge in [0.1, 0.15) is 0 Å². The number of rotatable bonds is 4. The Bertz CT molecular complexity index is 509. The molecule has 6 heteroatoms. The van der Waals surface area contributed by atoms with Crippen LogP contribution in [0.5, 0.6) is 0 Å². The number of nitrogens with one attached hydrogen (secondary N) is 3. The Morgan fingerprint density at radius 3 is 2.70 bits per heavy atom. The third-order valence-corrected chi connectivity index (χ3v) is 4.75. The van der Waals surface area contributed by atoms with Crippen LogP contribution in [-0.2, 0) is 0 Å². The molecular formula is C17H26N4O2. The van der Waals surface area contributed by atoms with Crippen molar-refractivity contribution in [2.24, 2.45) is 0 Å². The van der Waals surface area contributed by atoms with Crippen LogP contribution in [0.2, 0.25) is 0 Å². The number of piperidine rings is 1. The first-order valence-electron chi connectivity index (χ1n) is 8.42. The fourth-order valence-corrected chi connectivity index (χ4v) is 3.23. The van der Waals surface area contributed by atoms with Crippen LogP contribution in [0.3, 0.4) is 0 Å². The Balaban J connectivity index is 1.40. The fourth-order valence-electron chi connectivity index (χ4n) is 3.23. The fraction of sp³-hybridized carbons (Fsp3) is 0.588. The maximum atomic E-state index is 12.2. The maximum absolute atomic E-state index is 12.2. The van der Waals surface area contributed by atoms with E-state index in [4.69, 9.17) is 0 Å². The second-order valence-corrected chi connectivity index (χ2v) is 6.59. The van der Waals surface area contributed by atoms with Crippen molar-refractivity contribution >= 4 is 11.7 Å². The van der Waals surface area contributed by atoms with E-state index in [9.17, 15) is 9.90 Å². The van der Waals surface area contributed by atoms with Crippen molar-refractivity contribution in [1.82, 2.24) is 15.5 Å². The minimum atomic E-state index is -0.609. The van der Waals surface area contributed by atoms with Gasteiger partial charge >= 0.3 is 6.03 Å². The quantitative estimate of drug-likeness (QED) is 0.668. The Hall–Kier alpha value is -1.63. The maximum Gasteiger partial charge on any atom is 0.321 e. The first-order valence-corrected chi connectivity index (χ1v) is 8.42. The summed E-state index contributed by atoms with van der Waals surface area (Å²) < 4.78 is 0. The van der Waals surface area contributed by atoms with Crippen LogP contribution in [0, 0.1) is 0 Å². The summed E-state index contributed by atoms with van der Waals surface area (Å²) in [5, 5.41) is 19.9. The van der Waals surface area contributed by atoms with Crippen molar-refractivity contribution in [2.45, 2.75) is 30.9 Å². The Morgan fingerprint density at radius 1 is 1.30 bits per heavy atom. The first kappa shape index (κ1) is 16.2. The number of carbonyl (C=O) groups excluding carboxylic acids is 1. The lowest BCUT2D eigenvalue weighted by atomic mass is 10.0. The lowest BCUT2D eigenvalue weighted by Gasteiger charge is -2.34. The second-order valence-electron chi connectivity index (χ2n) is 6.59. The predicted molar refractivity (Wildman–Crippen MR) is 90.5 cm³/mol. The molecule has 2 aliphatic rings. The summed E-state index contributed by atoms with van der Waals surface area (Å²) in [4.78, 5) is 14.1. The Kier molecular flexibility index (Phi) is 5.15. The van der Waals surface area contributed by atoms with Crippen molar-refractivity contribution in [1.29, 1.82) is 0 Å². The van der Waals surface area contributed by atoms with Crippen LogP contribution in [-0.4, -0.2) is 60.4 Å². The number of benzene rings is 1. The summed E-state index contributed by atoms with van der Waals surface area (Å²) in [6.07, 6.45) is 2.65. The van der Waals surface area contributed by atoms with Gasteiger partial charge in [-0.2, -0.15) is 0 Å². The molecule has 126 valence electrons. The molecule has 2 amide bonds. The van der Waals surface area contributed by atoms with E-state index >= 15 is 0 Å². The van der Waals surface area contributed by atoms with E-state index in [2.05, 4.69) is 16.0 Å². The molecule has 0 unspecified atom stereocenters. The molecule has 3 rings (SSSR count). The van der Waals surface area contributed by atoms with Gasteiger partial charge in [0.2, 0.25) is 0 Å². The lowest BCUT2D eigenvalue weighted by molar-refractivity contribution is 0.0552. The molecule has 1 aromatic rings. The molecule has 0 aromatic heterocycles.